The SMILES string of the molecule is CCSC(C)CSC1(C)CO1. The first-order valence-electron chi connectivity index (χ1n) is 4.06. The molecule has 2 unspecified atom stereocenters. The van der Waals surface area contributed by atoms with E-state index in [1.165, 1.54) is 11.5 Å². The highest BCUT2D eigenvalue weighted by atomic mass is 32.2. The van der Waals surface area contributed by atoms with Crippen LogP contribution in [0, 0.1) is 0 Å². The molecule has 1 rings (SSSR count). The zero-order chi connectivity index (χ0) is 8.32. The van der Waals surface area contributed by atoms with Crippen LogP contribution in [0.25, 0.3) is 0 Å². The van der Waals surface area contributed by atoms with E-state index in [9.17, 15) is 0 Å². The summed E-state index contributed by atoms with van der Waals surface area (Å²) < 4.78 is 5.28. The second-order valence-electron chi connectivity index (χ2n) is 3.00. The molecule has 1 nitrogen and oxygen atoms in total. The van der Waals surface area contributed by atoms with E-state index in [4.69, 9.17) is 4.74 Å². The minimum atomic E-state index is 0.183. The molecule has 3 heteroatoms. The Balaban J connectivity index is 2.01. The molecule has 0 bridgehead atoms. The molecule has 1 aliphatic rings. The van der Waals surface area contributed by atoms with Crippen LogP contribution in [-0.2, 0) is 4.74 Å². The molecule has 1 aliphatic heterocycles. The number of ether oxygens (including phenoxy) is 1. The summed E-state index contributed by atoms with van der Waals surface area (Å²) in [5, 5.41) is 0.769. The molecule has 0 spiro atoms. The maximum atomic E-state index is 5.28. The van der Waals surface area contributed by atoms with Crippen LogP contribution in [0.15, 0.2) is 0 Å². The fourth-order valence-corrected chi connectivity index (χ4v) is 2.78. The summed E-state index contributed by atoms with van der Waals surface area (Å²) in [5.41, 5.74) is 0. The van der Waals surface area contributed by atoms with Gasteiger partial charge in [-0.3, -0.25) is 0 Å². The van der Waals surface area contributed by atoms with E-state index >= 15 is 0 Å². The smallest absolute Gasteiger partial charge is 0.134 e. The average Bonchev–Trinajstić information content (AvgIpc) is 2.66. The minimum Gasteiger partial charge on any atom is -0.358 e. The van der Waals surface area contributed by atoms with Crippen molar-refractivity contribution in [2.75, 3.05) is 18.1 Å². The van der Waals surface area contributed by atoms with Crippen molar-refractivity contribution in [1.29, 1.82) is 0 Å². The molecule has 1 fully saturated rings. The van der Waals surface area contributed by atoms with Gasteiger partial charge >= 0.3 is 0 Å². The van der Waals surface area contributed by atoms with Crippen molar-refractivity contribution in [3.8, 4) is 0 Å². The minimum absolute atomic E-state index is 0.183. The fraction of sp³-hybridized carbons (Fsp3) is 1.00. The van der Waals surface area contributed by atoms with Gasteiger partial charge in [-0.2, -0.15) is 11.8 Å². The van der Waals surface area contributed by atoms with Crippen molar-refractivity contribution >= 4 is 23.5 Å². The van der Waals surface area contributed by atoms with Gasteiger partial charge in [0.25, 0.3) is 0 Å². The Kier molecular flexibility index (Phi) is 3.59. The standard InChI is InChI=1S/C8H16OS2/c1-4-10-7(2)5-11-8(3)6-9-8/h7H,4-6H2,1-3H3. The van der Waals surface area contributed by atoms with Gasteiger partial charge in [0.05, 0.1) is 6.61 Å². The van der Waals surface area contributed by atoms with E-state index in [0.717, 1.165) is 11.9 Å². The second kappa shape index (κ2) is 4.06. The van der Waals surface area contributed by atoms with Crippen molar-refractivity contribution in [2.24, 2.45) is 0 Å². The average molecular weight is 192 g/mol. The summed E-state index contributed by atoms with van der Waals surface area (Å²) >= 11 is 3.97. The number of thioether (sulfide) groups is 2. The first-order valence-corrected chi connectivity index (χ1v) is 6.09. The lowest BCUT2D eigenvalue weighted by atomic mass is 10.5. The molecule has 11 heavy (non-hydrogen) atoms. The Labute approximate surface area is 77.6 Å². The lowest BCUT2D eigenvalue weighted by Gasteiger charge is -2.10. The number of epoxide rings is 1. The Morgan fingerprint density at radius 1 is 1.64 bits per heavy atom. The molecule has 0 aromatic heterocycles. The third kappa shape index (κ3) is 3.72. The summed E-state index contributed by atoms with van der Waals surface area (Å²) in [5.74, 6) is 2.44. The van der Waals surface area contributed by atoms with E-state index in [1.807, 2.05) is 23.5 Å². The summed E-state index contributed by atoms with van der Waals surface area (Å²) in [6, 6.07) is 0. The number of rotatable bonds is 5. The topological polar surface area (TPSA) is 12.5 Å². The largest absolute Gasteiger partial charge is 0.358 e. The Bertz CT molecular complexity index is 123. The first kappa shape index (κ1) is 9.75. The molecule has 2 atom stereocenters. The van der Waals surface area contributed by atoms with E-state index in [1.54, 1.807) is 0 Å². The van der Waals surface area contributed by atoms with Crippen LogP contribution >= 0.6 is 23.5 Å². The van der Waals surface area contributed by atoms with E-state index in [0.29, 0.717) is 0 Å². The van der Waals surface area contributed by atoms with Gasteiger partial charge in [0.2, 0.25) is 0 Å². The highest BCUT2D eigenvalue weighted by Gasteiger charge is 2.39. The quantitative estimate of drug-likeness (QED) is 0.621. The van der Waals surface area contributed by atoms with Gasteiger partial charge in [-0.1, -0.05) is 13.8 Å². The molecule has 0 amide bonds. The molecule has 0 aliphatic carbocycles. The van der Waals surface area contributed by atoms with Crippen LogP contribution in [0.3, 0.4) is 0 Å². The second-order valence-corrected chi connectivity index (χ2v) is 6.20. The Hall–Kier alpha value is 0.660. The van der Waals surface area contributed by atoms with E-state index in [2.05, 4.69) is 20.8 Å². The maximum Gasteiger partial charge on any atom is 0.134 e. The number of hydrogen-bond acceptors (Lipinski definition) is 3. The molecule has 1 saturated heterocycles. The predicted octanol–water partition coefficient (Wildman–Crippen LogP) is 2.61. The van der Waals surface area contributed by atoms with Crippen LogP contribution in [0.4, 0.5) is 0 Å². The van der Waals surface area contributed by atoms with Crippen molar-refractivity contribution in [3.63, 3.8) is 0 Å². The third-order valence-corrected chi connectivity index (χ3v) is 4.42. The van der Waals surface area contributed by atoms with Crippen LogP contribution in [0.2, 0.25) is 0 Å². The van der Waals surface area contributed by atoms with Crippen LogP contribution in [0.1, 0.15) is 20.8 Å². The number of hydrogen-bond donors (Lipinski definition) is 0. The molecule has 0 radical (unpaired) electrons. The Morgan fingerprint density at radius 3 is 2.73 bits per heavy atom. The normalized spacial score (nSPS) is 31.9. The molecule has 0 aromatic rings. The zero-order valence-electron chi connectivity index (χ0n) is 7.42. The van der Waals surface area contributed by atoms with Gasteiger partial charge in [-0.25, -0.2) is 0 Å². The molecule has 66 valence electrons. The predicted molar refractivity (Wildman–Crippen MR) is 54.4 cm³/mol. The Morgan fingerprint density at radius 2 is 2.27 bits per heavy atom. The third-order valence-electron chi connectivity index (χ3n) is 1.63. The van der Waals surface area contributed by atoms with Crippen molar-refractivity contribution in [2.45, 2.75) is 31.0 Å². The highest BCUT2D eigenvalue weighted by molar-refractivity contribution is 8.04. The lowest BCUT2D eigenvalue weighted by Crippen LogP contribution is -2.06. The van der Waals surface area contributed by atoms with Crippen molar-refractivity contribution in [3.05, 3.63) is 0 Å². The molecule has 0 saturated carbocycles. The first-order chi connectivity index (χ1) is 5.16. The van der Waals surface area contributed by atoms with Gasteiger partial charge in [-0.15, -0.1) is 11.8 Å². The van der Waals surface area contributed by atoms with Crippen LogP contribution in [-0.4, -0.2) is 28.3 Å². The van der Waals surface area contributed by atoms with Gasteiger partial charge in [0, 0.05) is 11.0 Å². The molecule has 0 aromatic carbocycles. The van der Waals surface area contributed by atoms with Gasteiger partial charge < -0.3 is 4.74 Å². The van der Waals surface area contributed by atoms with E-state index < -0.39 is 0 Å². The van der Waals surface area contributed by atoms with Gasteiger partial charge in [0.15, 0.2) is 0 Å². The molecule has 0 N–H and O–H groups in total. The van der Waals surface area contributed by atoms with Crippen LogP contribution < -0.4 is 0 Å². The monoisotopic (exact) mass is 192 g/mol. The highest BCUT2D eigenvalue weighted by Crippen LogP contribution is 2.39. The molecular weight excluding hydrogens is 176 g/mol. The summed E-state index contributed by atoms with van der Waals surface area (Å²) in [7, 11) is 0. The fourth-order valence-electron chi connectivity index (χ4n) is 0.811. The van der Waals surface area contributed by atoms with E-state index in [-0.39, 0.29) is 4.93 Å². The van der Waals surface area contributed by atoms with Crippen molar-refractivity contribution in [1.82, 2.24) is 0 Å². The molecular formula is C8H16OS2. The molecule has 1 heterocycles. The summed E-state index contributed by atoms with van der Waals surface area (Å²) in [6.45, 7) is 7.61. The van der Waals surface area contributed by atoms with Gasteiger partial charge in [-0.05, 0) is 12.7 Å². The zero-order valence-corrected chi connectivity index (χ0v) is 9.06. The summed E-state index contributed by atoms with van der Waals surface area (Å²) in [4.78, 5) is 0.183. The van der Waals surface area contributed by atoms with Crippen LogP contribution in [0.5, 0.6) is 0 Å². The van der Waals surface area contributed by atoms with Crippen molar-refractivity contribution < 1.29 is 4.74 Å². The maximum absolute atomic E-state index is 5.28. The lowest BCUT2D eigenvalue weighted by molar-refractivity contribution is 0.402. The van der Waals surface area contributed by atoms with Gasteiger partial charge in [0.1, 0.15) is 4.93 Å². The summed E-state index contributed by atoms with van der Waals surface area (Å²) in [6.07, 6.45) is 0.